The van der Waals surface area contributed by atoms with Crippen LogP contribution < -0.4 is 15.2 Å². The van der Waals surface area contributed by atoms with E-state index in [0.29, 0.717) is 6.42 Å². The van der Waals surface area contributed by atoms with E-state index in [1.165, 1.54) is 23.4 Å². The molecule has 36 heavy (non-hydrogen) atoms. The quantitative estimate of drug-likeness (QED) is 0.528. The Morgan fingerprint density at radius 3 is 2.56 bits per heavy atom. The number of aliphatic hydroxyl groups is 2. The van der Waals surface area contributed by atoms with Gasteiger partial charge in [-0.25, -0.2) is 18.4 Å². The maximum Gasteiger partial charge on any atom is 0.271 e. The van der Waals surface area contributed by atoms with E-state index in [1.54, 1.807) is 0 Å². The number of hydrogen-bond donors (Lipinski definition) is 2. The van der Waals surface area contributed by atoms with Crippen LogP contribution in [0.5, 0.6) is 11.5 Å². The molecule has 5 rings (SSSR count). The number of fused-ring (bicyclic) bond motifs is 1. The minimum Gasteiger partial charge on any atom is -0.449 e. The third-order valence-electron chi connectivity index (χ3n) is 6.65. The largest absolute Gasteiger partial charge is 0.449 e. The average molecular weight is 499 g/mol. The SMILES string of the molecule is O=C1C(n2ncc(Oc3c(F)cccc3F)cc2=O)CC2CCCC2N1c1cnc([C@H](O)CO)cn1. The molecule has 188 valence electrons. The molecule has 1 saturated heterocycles. The van der Waals surface area contributed by atoms with E-state index in [2.05, 4.69) is 15.1 Å². The highest BCUT2D eigenvalue weighted by Crippen LogP contribution is 2.42. The van der Waals surface area contributed by atoms with E-state index in [0.717, 1.165) is 48.3 Å². The molecule has 2 N–H and O–H groups in total. The second kappa shape index (κ2) is 9.70. The van der Waals surface area contributed by atoms with Gasteiger partial charge in [0.1, 0.15) is 12.1 Å². The highest BCUT2D eigenvalue weighted by atomic mass is 19.1. The smallest absolute Gasteiger partial charge is 0.271 e. The summed E-state index contributed by atoms with van der Waals surface area (Å²) in [6, 6.07) is 3.25. The fourth-order valence-corrected chi connectivity index (χ4v) is 4.94. The van der Waals surface area contributed by atoms with Crippen LogP contribution in [0, 0.1) is 17.6 Å². The molecule has 0 radical (unpaired) electrons. The van der Waals surface area contributed by atoms with Gasteiger partial charge in [-0.1, -0.05) is 12.5 Å². The van der Waals surface area contributed by atoms with Crippen LogP contribution >= 0.6 is 0 Å². The third-order valence-corrected chi connectivity index (χ3v) is 6.65. The number of para-hydroxylation sites is 1. The van der Waals surface area contributed by atoms with E-state index in [1.807, 2.05) is 0 Å². The monoisotopic (exact) mass is 499 g/mol. The van der Waals surface area contributed by atoms with Crippen molar-refractivity contribution in [1.82, 2.24) is 19.7 Å². The van der Waals surface area contributed by atoms with Crippen molar-refractivity contribution < 1.29 is 28.5 Å². The lowest BCUT2D eigenvalue weighted by Gasteiger charge is -2.40. The molecule has 3 aromatic rings. The number of piperidine rings is 1. The molecule has 3 unspecified atom stereocenters. The Hall–Kier alpha value is -3.77. The fraction of sp³-hybridized carbons (Fsp3) is 0.375. The van der Waals surface area contributed by atoms with Crippen molar-refractivity contribution in [3.8, 4) is 11.5 Å². The summed E-state index contributed by atoms with van der Waals surface area (Å²) < 4.78 is 34.1. The lowest BCUT2D eigenvalue weighted by Crippen LogP contribution is -2.53. The van der Waals surface area contributed by atoms with Crippen molar-refractivity contribution in [2.75, 3.05) is 11.5 Å². The van der Waals surface area contributed by atoms with E-state index in [-0.39, 0.29) is 35.1 Å². The number of aromatic nitrogens is 4. The third kappa shape index (κ3) is 4.33. The van der Waals surface area contributed by atoms with Gasteiger partial charge in [0.2, 0.25) is 0 Å². The van der Waals surface area contributed by atoms with E-state index >= 15 is 0 Å². The Kier molecular flexibility index (Phi) is 6.46. The molecule has 1 saturated carbocycles. The van der Waals surface area contributed by atoms with E-state index < -0.39 is 41.7 Å². The number of amides is 1. The summed E-state index contributed by atoms with van der Waals surface area (Å²) in [4.78, 5) is 36.5. The van der Waals surface area contributed by atoms with E-state index in [4.69, 9.17) is 9.84 Å². The first kappa shape index (κ1) is 23.9. The zero-order chi connectivity index (χ0) is 25.4. The van der Waals surface area contributed by atoms with Crippen LogP contribution in [0.3, 0.4) is 0 Å². The Morgan fingerprint density at radius 1 is 1.11 bits per heavy atom. The highest BCUT2D eigenvalue weighted by molar-refractivity contribution is 5.96. The topological polar surface area (TPSA) is 131 Å². The number of carbonyl (C=O) groups is 1. The maximum absolute atomic E-state index is 13.9. The highest BCUT2D eigenvalue weighted by Gasteiger charge is 2.46. The summed E-state index contributed by atoms with van der Waals surface area (Å²) >= 11 is 0. The van der Waals surface area contributed by atoms with Crippen molar-refractivity contribution >= 4 is 11.7 Å². The molecule has 0 bridgehead atoms. The number of halogens is 2. The predicted molar refractivity (Wildman–Crippen MR) is 121 cm³/mol. The van der Waals surface area contributed by atoms with Gasteiger partial charge in [-0.05, 0) is 37.3 Å². The van der Waals surface area contributed by atoms with Crippen LogP contribution in [0.2, 0.25) is 0 Å². The lowest BCUT2D eigenvalue weighted by molar-refractivity contribution is -0.125. The van der Waals surface area contributed by atoms with Crippen LogP contribution in [0.25, 0.3) is 0 Å². The van der Waals surface area contributed by atoms with Crippen LogP contribution in [0.15, 0.2) is 47.7 Å². The van der Waals surface area contributed by atoms with Gasteiger partial charge in [0.05, 0.1) is 30.9 Å². The molecule has 2 aliphatic rings. The molecule has 2 fully saturated rings. The van der Waals surface area contributed by atoms with Gasteiger partial charge in [-0.3, -0.25) is 19.5 Å². The van der Waals surface area contributed by atoms with Crippen LogP contribution in [0.4, 0.5) is 14.6 Å². The molecule has 3 heterocycles. The number of carbonyl (C=O) groups excluding carboxylic acids is 1. The predicted octanol–water partition coefficient (Wildman–Crippen LogP) is 2.28. The number of nitrogens with zero attached hydrogens (tertiary/aromatic N) is 5. The first-order chi connectivity index (χ1) is 17.4. The molecule has 2 aromatic heterocycles. The standard InChI is InChI=1S/C24H23F2N5O5/c25-15-4-2-5-16(26)23(15)36-14-8-22(34)31(29-9-14)19-7-13-3-1-6-18(13)30(24(19)35)21-11-27-17(10-28-21)20(33)12-32/h2,4-5,8-11,13,18-20,32-33H,1,3,6-7,12H2/t13?,18?,19?,20-/m1/s1. The molecule has 4 atom stereocenters. The zero-order valence-corrected chi connectivity index (χ0v) is 19.0. The minimum absolute atomic E-state index is 0.106. The lowest BCUT2D eigenvalue weighted by atomic mass is 9.88. The van der Waals surface area contributed by atoms with Gasteiger partial charge in [-0.2, -0.15) is 5.10 Å². The molecule has 1 aliphatic carbocycles. The van der Waals surface area contributed by atoms with Gasteiger partial charge in [0, 0.05) is 12.1 Å². The summed E-state index contributed by atoms with van der Waals surface area (Å²) in [5, 5.41) is 23.0. The summed E-state index contributed by atoms with van der Waals surface area (Å²) in [6.07, 6.45) is 5.56. The normalized spacial score (nSPS) is 22.4. The average Bonchev–Trinajstić information content (AvgIpc) is 3.34. The van der Waals surface area contributed by atoms with Crippen molar-refractivity contribution in [2.24, 2.45) is 5.92 Å². The summed E-state index contributed by atoms with van der Waals surface area (Å²) in [5.74, 6) is -2.67. The summed E-state index contributed by atoms with van der Waals surface area (Å²) in [6.45, 7) is -0.513. The number of rotatable bonds is 6. The number of hydrogen-bond acceptors (Lipinski definition) is 8. The van der Waals surface area contributed by atoms with Crippen molar-refractivity contribution in [2.45, 2.75) is 43.9 Å². The number of anilines is 1. The molecule has 12 heteroatoms. The van der Waals surface area contributed by atoms with Crippen molar-refractivity contribution in [3.63, 3.8) is 0 Å². The maximum atomic E-state index is 13.9. The van der Waals surface area contributed by atoms with Crippen LogP contribution in [-0.4, -0.2) is 48.5 Å². The molecule has 1 aliphatic heterocycles. The van der Waals surface area contributed by atoms with Gasteiger partial charge in [0.15, 0.2) is 29.0 Å². The number of aliphatic hydroxyl groups excluding tert-OH is 2. The Bertz CT molecular complexity index is 1310. The fourth-order valence-electron chi connectivity index (χ4n) is 4.94. The Balaban J connectivity index is 1.44. The summed E-state index contributed by atoms with van der Waals surface area (Å²) in [7, 11) is 0. The molecular weight excluding hydrogens is 476 g/mol. The van der Waals surface area contributed by atoms with Gasteiger partial charge < -0.3 is 14.9 Å². The van der Waals surface area contributed by atoms with Gasteiger partial charge in [-0.15, -0.1) is 0 Å². The number of ether oxygens (including phenoxy) is 1. The molecule has 1 aromatic carbocycles. The van der Waals surface area contributed by atoms with Crippen molar-refractivity contribution in [1.29, 1.82) is 0 Å². The minimum atomic E-state index is -1.18. The second-order valence-corrected chi connectivity index (χ2v) is 8.84. The van der Waals surface area contributed by atoms with Crippen LogP contribution in [-0.2, 0) is 4.79 Å². The molecule has 1 amide bonds. The Labute approximate surface area is 203 Å². The zero-order valence-electron chi connectivity index (χ0n) is 19.0. The first-order valence-corrected chi connectivity index (χ1v) is 11.5. The van der Waals surface area contributed by atoms with Crippen molar-refractivity contribution in [3.05, 3.63) is 70.5 Å². The Morgan fingerprint density at radius 2 is 1.89 bits per heavy atom. The number of benzene rings is 1. The molecule has 0 spiro atoms. The molecule has 10 nitrogen and oxygen atoms in total. The summed E-state index contributed by atoms with van der Waals surface area (Å²) in [5.41, 5.74) is -0.489. The van der Waals surface area contributed by atoms with E-state index in [9.17, 15) is 23.5 Å². The first-order valence-electron chi connectivity index (χ1n) is 11.5. The van der Waals surface area contributed by atoms with Gasteiger partial charge in [0.25, 0.3) is 11.5 Å². The molecular formula is C24H23F2N5O5. The van der Waals surface area contributed by atoms with Gasteiger partial charge >= 0.3 is 0 Å². The van der Waals surface area contributed by atoms with Crippen LogP contribution in [0.1, 0.15) is 43.5 Å². The second-order valence-electron chi connectivity index (χ2n) is 8.84.